The van der Waals surface area contributed by atoms with Gasteiger partial charge < -0.3 is 0 Å². The summed E-state index contributed by atoms with van der Waals surface area (Å²) >= 11 is 3.19. The molecule has 2 aromatic rings. The number of halogens is 4. The van der Waals surface area contributed by atoms with Gasteiger partial charge in [-0.1, -0.05) is 15.9 Å². The fourth-order valence-electron chi connectivity index (χ4n) is 1.32. The van der Waals surface area contributed by atoms with E-state index in [0.717, 1.165) is 10.9 Å². The van der Waals surface area contributed by atoms with E-state index < -0.39 is 12.7 Å². The first kappa shape index (κ1) is 10.5. The molecular weight excluding hydrogens is 273 g/mol. The number of alkyl halides is 3. The minimum atomic E-state index is -3.05. The van der Waals surface area contributed by atoms with Gasteiger partial charge in [-0.25, -0.2) is 18.2 Å². The molecule has 1 aromatic heterocycles. The molecule has 0 aliphatic carbocycles. The second-order valence-corrected chi connectivity index (χ2v) is 3.91. The van der Waals surface area contributed by atoms with Crippen molar-refractivity contribution in [1.82, 2.24) is 9.55 Å². The Kier molecular flexibility index (Phi) is 2.68. The van der Waals surface area contributed by atoms with E-state index >= 15 is 0 Å². The lowest BCUT2D eigenvalue weighted by atomic mass is 10.3. The molecule has 1 atom stereocenters. The van der Waals surface area contributed by atoms with Crippen molar-refractivity contribution in [2.24, 2.45) is 0 Å². The Morgan fingerprint density at radius 2 is 2.00 bits per heavy atom. The maximum Gasteiger partial charge on any atom is 0.288 e. The highest BCUT2D eigenvalue weighted by atomic mass is 79.9. The van der Waals surface area contributed by atoms with Gasteiger partial charge in [0.25, 0.3) is 6.43 Å². The van der Waals surface area contributed by atoms with Gasteiger partial charge in [-0.15, -0.1) is 0 Å². The molecule has 0 bridgehead atoms. The molecule has 0 aliphatic rings. The first-order chi connectivity index (χ1) is 7.09. The van der Waals surface area contributed by atoms with Crippen LogP contribution in [0.2, 0.25) is 0 Å². The summed E-state index contributed by atoms with van der Waals surface area (Å²) < 4.78 is 39.0. The molecule has 80 valence electrons. The molecule has 0 fully saturated rings. The lowest BCUT2D eigenvalue weighted by Crippen LogP contribution is -2.10. The third-order valence-corrected chi connectivity index (χ3v) is 2.50. The molecule has 6 heteroatoms. The molecular formula is C9H6BrF3N2. The van der Waals surface area contributed by atoms with E-state index in [2.05, 4.69) is 20.9 Å². The van der Waals surface area contributed by atoms with Crippen molar-refractivity contribution in [3.63, 3.8) is 0 Å². The predicted octanol–water partition coefficient (Wildman–Crippen LogP) is 3.53. The predicted molar refractivity (Wildman–Crippen MR) is 53.6 cm³/mol. The number of fused-ring (bicyclic) bond motifs is 1. The molecule has 15 heavy (non-hydrogen) atoms. The fourth-order valence-corrected chi connectivity index (χ4v) is 1.67. The van der Waals surface area contributed by atoms with Crippen molar-refractivity contribution in [2.45, 2.75) is 12.7 Å². The smallest absolute Gasteiger partial charge is 0.288 e. The van der Waals surface area contributed by atoms with E-state index in [4.69, 9.17) is 0 Å². The zero-order valence-corrected chi connectivity index (χ0v) is 8.96. The first-order valence-electron chi connectivity index (χ1n) is 4.14. The van der Waals surface area contributed by atoms with Crippen LogP contribution in [0.3, 0.4) is 0 Å². The monoisotopic (exact) mass is 278 g/mol. The van der Waals surface area contributed by atoms with Crippen molar-refractivity contribution >= 4 is 27.0 Å². The van der Waals surface area contributed by atoms with Gasteiger partial charge in [0, 0.05) is 4.47 Å². The van der Waals surface area contributed by atoms with Crippen LogP contribution < -0.4 is 0 Å². The number of hydrogen-bond donors (Lipinski definition) is 0. The Hall–Kier alpha value is -1.04. The van der Waals surface area contributed by atoms with Crippen LogP contribution in [0.4, 0.5) is 13.2 Å². The summed E-state index contributed by atoms with van der Waals surface area (Å²) in [7, 11) is 0. The second kappa shape index (κ2) is 3.84. The average molecular weight is 279 g/mol. The summed E-state index contributed by atoms with van der Waals surface area (Å²) in [4.78, 5) is 3.83. The third kappa shape index (κ3) is 1.86. The van der Waals surface area contributed by atoms with E-state index in [0.29, 0.717) is 15.5 Å². The van der Waals surface area contributed by atoms with Crippen LogP contribution in [0.15, 0.2) is 29.0 Å². The standard InChI is InChI=1S/C9H6BrF3N2/c10-5-1-2-6-7(3-5)15(4-14-6)9(13)8(11)12/h1-4,8-9H. The topological polar surface area (TPSA) is 17.8 Å². The molecule has 1 unspecified atom stereocenters. The van der Waals surface area contributed by atoms with E-state index in [-0.39, 0.29) is 0 Å². The summed E-state index contributed by atoms with van der Waals surface area (Å²) in [5.41, 5.74) is 0.832. The summed E-state index contributed by atoms with van der Waals surface area (Å²) in [6.45, 7) is 0. The van der Waals surface area contributed by atoms with Crippen molar-refractivity contribution in [3.8, 4) is 0 Å². The van der Waals surface area contributed by atoms with Gasteiger partial charge in [0.15, 0.2) is 0 Å². The highest BCUT2D eigenvalue weighted by Gasteiger charge is 2.22. The SMILES string of the molecule is FC(F)C(F)n1cnc2ccc(Br)cc21. The maximum absolute atomic E-state index is 13.1. The van der Waals surface area contributed by atoms with Gasteiger partial charge in [0.1, 0.15) is 0 Å². The lowest BCUT2D eigenvalue weighted by molar-refractivity contribution is 0.0103. The van der Waals surface area contributed by atoms with Gasteiger partial charge >= 0.3 is 0 Å². The summed E-state index contributed by atoms with van der Waals surface area (Å²) in [5, 5.41) is 0. The Morgan fingerprint density at radius 3 is 2.67 bits per heavy atom. The van der Waals surface area contributed by atoms with Crippen LogP contribution in [0.25, 0.3) is 11.0 Å². The molecule has 0 saturated heterocycles. The number of benzene rings is 1. The minimum Gasteiger partial charge on any atom is -0.294 e. The maximum atomic E-state index is 13.1. The third-order valence-electron chi connectivity index (χ3n) is 2.01. The molecule has 0 aliphatic heterocycles. The normalized spacial score (nSPS) is 13.7. The van der Waals surface area contributed by atoms with Crippen LogP contribution >= 0.6 is 15.9 Å². The second-order valence-electron chi connectivity index (χ2n) is 2.99. The van der Waals surface area contributed by atoms with Crippen molar-refractivity contribution in [1.29, 1.82) is 0 Å². The number of aromatic nitrogens is 2. The highest BCUT2D eigenvalue weighted by molar-refractivity contribution is 9.10. The molecule has 2 nitrogen and oxygen atoms in total. The average Bonchev–Trinajstić information content (AvgIpc) is 2.59. The van der Waals surface area contributed by atoms with Crippen LogP contribution in [0, 0.1) is 0 Å². The van der Waals surface area contributed by atoms with Crippen LogP contribution in [-0.2, 0) is 0 Å². The molecule has 1 heterocycles. The van der Waals surface area contributed by atoms with E-state index in [1.807, 2.05) is 0 Å². The van der Waals surface area contributed by atoms with Crippen LogP contribution in [0.1, 0.15) is 6.30 Å². The fraction of sp³-hybridized carbons (Fsp3) is 0.222. The summed E-state index contributed by atoms with van der Waals surface area (Å²) in [5.74, 6) is 0. The number of hydrogen-bond acceptors (Lipinski definition) is 1. The molecule has 0 radical (unpaired) electrons. The Morgan fingerprint density at radius 1 is 1.27 bits per heavy atom. The van der Waals surface area contributed by atoms with Gasteiger partial charge in [-0.05, 0) is 18.2 Å². The molecule has 0 spiro atoms. The van der Waals surface area contributed by atoms with Crippen molar-refractivity contribution in [3.05, 3.63) is 29.0 Å². The summed E-state index contributed by atoms with van der Waals surface area (Å²) in [6, 6.07) is 4.90. The van der Waals surface area contributed by atoms with Gasteiger partial charge in [-0.3, -0.25) is 4.57 Å². The minimum absolute atomic E-state index is 0.345. The Bertz CT molecular complexity index is 483. The van der Waals surface area contributed by atoms with E-state index in [9.17, 15) is 13.2 Å². The zero-order valence-electron chi connectivity index (χ0n) is 7.37. The van der Waals surface area contributed by atoms with E-state index in [1.54, 1.807) is 18.2 Å². The molecule has 0 saturated carbocycles. The number of rotatable bonds is 2. The quantitative estimate of drug-likeness (QED) is 0.822. The Balaban J connectivity index is 2.56. The number of nitrogens with zero attached hydrogens (tertiary/aromatic N) is 2. The molecule has 1 aromatic carbocycles. The van der Waals surface area contributed by atoms with Crippen molar-refractivity contribution in [2.75, 3.05) is 0 Å². The van der Waals surface area contributed by atoms with Crippen LogP contribution in [-0.4, -0.2) is 16.0 Å². The van der Waals surface area contributed by atoms with Gasteiger partial charge in [0.05, 0.1) is 17.4 Å². The molecule has 0 N–H and O–H groups in total. The molecule has 0 amide bonds. The van der Waals surface area contributed by atoms with Gasteiger partial charge in [0.2, 0.25) is 6.30 Å². The Labute approximate surface area is 91.8 Å². The largest absolute Gasteiger partial charge is 0.294 e. The highest BCUT2D eigenvalue weighted by Crippen LogP contribution is 2.25. The molecule has 2 rings (SSSR count). The first-order valence-corrected chi connectivity index (χ1v) is 4.93. The lowest BCUT2D eigenvalue weighted by Gasteiger charge is -2.09. The summed E-state index contributed by atoms with van der Waals surface area (Å²) in [6.07, 6.45) is -4.33. The van der Waals surface area contributed by atoms with Gasteiger partial charge in [-0.2, -0.15) is 0 Å². The van der Waals surface area contributed by atoms with Crippen LogP contribution in [0.5, 0.6) is 0 Å². The number of imidazole rings is 1. The van der Waals surface area contributed by atoms with Crippen molar-refractivity contribution < 1.29 is 13.2 Å². The van der Waals surface area contributed by atoms with E-state index in [1.165, 1.54) is 0 Å². The zero-order chi connectivity index (χ0) is 11.0.